The average molecular weight is 388 g/mol. The van der Waals surface area contributed by atoms with Crippen molar-refractivity contribution in [2.45, 2.75) is 25.8 Å². The van der Waals surface area contributed by atoms with Crippen molar-refractivity contribution < 1.29 is 18.4 Å². The van der Waals surface area contributed by atoms with E-state index < -0.39 is 17.5 Å². The maximum absolute atomic E-state index is 13.5. The number of carbonyl (C=O) groups excluding carboxylic acids is 2. The molecule has 2 heterocycles. The molecule has 6 nitrogen and oxygen atoms in total. The van der Waals surface area contributed by atoms with Crippen molar-refractivity contribution in [3.8, 4) is 0 Å². The molecule has 1 aromatic heterocycles. The Hall–Kier alpha value is -3.03. The summed E-state index contributed by atoms with van der Waals surface area (Å²) in [6.07, 6.45) is 4.16. The first-order valence-electron chi connectivity index (χ1n) is 9.23. The molecule has 1 aromatic carbocycles. The second-order valence-corrected chi connectivity index (χ2v) is 6.63. The summed E-state index contributed by atoms with van der Waals surface area (Å²) in [4.78, 5) is 30.4. The summed E-state index contributed by atoms with van der Waals surface area (Å²) in [5, 5.41) is 5.20. The molecule has 1 saturated heterocycles. The molecule has 1 aliphatic rings. The van der Waals surface area contributed by atoms with Crippen LogP contribution >= 0.6 is 0 Å². The third kappa shape index (κ3) is 5.25. The smallest absolute Gasteiger partial charge is 0.254 e. The Kier molecular flexibility index (Phi) is 6.52. The summed E-state index contributed by atoms with van der Waals surface area (Å²) in [7, 11) is 0. The molecule has 0 unspecified atom stereocenters. The first-order chi connectivity index (χ1) is 13.5. The standard InChI is InChI=1S/C20H22F2N4O2/c21-15-4-5-16(17(22)11-15)20(28)23-8-7-19(27)25-13-14-3-6-18(24-12-14)26-9-1-2-10-26/h3-6,11-12H,1-2,7-10,13H2,(H,23,28)(H,25,27). The van der Waals surface area contributed by atoms with Crippen LogP contribution in [0.1, 0.15) is 35.2 Å². The number of anilines is 1. The summed E-state index contributed by atoms with van der Waals surface area (Å²) in [6, 6.07) is 6.60. The summed E-state index contributed by atoms with van der Waals surface area (Å²) in [5.74, 6) is -1.68. The van der Waals surface area contributed by atoms with Gasteiger partial charge in [0.05, 0.1) is 5.56 Å². The van der Waals surface area contributed by atoms with Gasteiger partial charge in [0.2, 0.25) is 5.91 Å². The van der Waals surface area contributed by atoms with Gasteiger partial charge in [-0.2, -0.15) is 0 Å². The number of hydrogen-bond acceptors (Lipinski definition) is 4. The molecule has 2 aromatic rings. The molecule has 2 N–H and O–H groups in total. The van der Waals surface area contributed by atoms with Crippen LogP contribution in [0.15, 0.2) is 36.5 Å². The molecule has 3 rings (SSSR count). The van der Waals surface area contributed by atoms with E-state index >= 15 is 0 Å². The molecule has 0 radical (unpaired) electrons. The molecule has 0 bridgehead atoms. The van der Waals surface area contributed by atoms with Gasteiger partial charge in [-0.1, -0.05) is 6.07 Å². The topological polar surface area (TPSA) is 74.3 Å². The Morgan fingerprint density at radius 1 is 1.07 bits per heavy atom. The van der Waals surface area contributed by atoms with Crippen molar-refractivity contribution in [3.63, 3.8) is 0 Å². The highest BCUT2D eigenvalue weighted by Gasteiger charge is 2.14. The summed E-state index contributed by atoms with van der Waals surface area (Å²) < 4.78 is 26.4. The zero-order valence-corrected chi connectivity index (χ0v) is 15.4. The molecular formula is C20H22F2N4O2. The zero-order valence-electron chi connectivity index (χ0n) is 15.4. The van der Waals surface area contributed by atoms with E-state index in [9.17, 15) is 18.4 Å². The minimum Gasteiger partial charge on any atom is -0.357 e. The first-order valence-corrected chi connectivity index (χ1v) is 9.23. The minimum absolute atomic E-state index is 0.0492. The monoisotopic (exact) mass is 388 g/mol. The van der Waals surface area contributed by atoms with E-state index in [-0.39, 0.29) is 24.4 Å². The molecule has 0 aliphatic carbocycles. The van der Waals surface area contributed by atoms with Crippen LogP contribution in [0.5, 0.6) is 0 Å². The Morgan fingerprint density at radius 3 is 2.54 bits per heavy atom. The van der Waals surface area contributed by atoms with Gasteiger partial charge in [-0.15, -0.1) is 0 Å². The maximum Gasteiger partial charge on any atom is 0.254 e. The second-order valence-electron chi connectivity index (χ2n) is 6.63. The number of pyridine rings is 1. The predicted molar refractivity (Wildman–Crippen MR) is 101 cm³/mol. The van der Waals surface area contributed by atoms with E-state index in [1.54, 1.807) is 6.20 Å². The highest BCUT2D eigenvalue weighted by Crippen LogP contribution is 2.17. The highest BCUT2D eigenvalue weighted by molar-refractivity contribution is 5.94. The van der Waals surface area contributed by atoms with Gasteiger partial charge in [0.1, 0.15) is 17.5 Å². The SMILES string of the molecule is O=C(CCNC(=O)c1ccc(F)cc1F)NCc1ccc(N2CCCC2)nc1. The fraction of sp³-hybridized carbons (Fsp3) is 0.350. The quantitative estimate of drug-likeness (QED) is 0.764. The van der Waals surface area contributed by atoms with Crippen molar-refractivity contribution in [1.82, 2.24) is 15.6 Å². The van der Waals surface area contributed by atoms with Crippen molar-refractivity contribution in [2.75, 3.05) is 24.5 Å². The van der Waals surface area contributed by atoms with Crippen LogP contribution in [-0.2, 0) is 11.3 Å². The Balaban J connectivity index is 1.39. The molecule has 0 atom stereocenters. The minimum atomic E-state index is -0.938. The molecule has 28 heavy (non-hydrogen) atoms. The van der Waals surface area contributed by atoms with Crippen LogP contribution < -0.4 is 15.5 Å². The number of benzene rings is 1. The lowest BCUT2D eigenvalue weighted by Crippen LogP contribution is -2.31. The van der Waals surface area contributed by atoms with E-state index in [1.807, 2.05) is 12.1 Å². The number of halogens is 2. The molecule has 148 valence electrons. The zero-order chi connectivity index (χ0) is 19.9. The van der Waals surface area contributed by atoms with Crippen molar-refractivity contribution in [2.24, 2.45) is 0 Å². The van der Waals surface area contributed by atoms with Gasteiger partial charge in [0.25, 0.3) is 5.91 Å². The summed E-state index contributed by atoms with van der Waals surface area (Å²) >= 11 is 0. The van der Waals surface area contributed by atoms with Gasteiger partial charge in [-0.25, -0.2) is 13.8 Å². The number of aromatic nitrogens is 1. The van der Waals surface area contributed by atoms with Crippen molar-refractivity contribution in [1.29, 1.82) is 0 Å². The second kappa shape index (κ2) is 9.25. The number of amides is 2. The van der Waals surface area contributed by atoms with Gasteiger partial charge < -0.3 is 15.5 Å². The predicted octanol–water partition coefficient (Wildman–Crippen LogP) is 2.40. The average Bonchev–Trinajstić information content (AvgIpc) is 3.21. The van der Waals surface area contributed by atoms with Crippen LogP contribution in [0.2, 0.25) is 0 Å². The number of nitrogens with zero attached hydrogens (tertiary/aromatic N) is 2. The van der Waals surface area contributed by atoms with E-state index in [4.69, 9.17) is 0 Å². The molecule has 8 heteroatoms. The number of rotatable bonds is 7. The molecule has 1 aliphatic heterocycles. The Morgan fingerprint density at radius 2 is 1.86 bits per heavy atom. The largest absolute Gasteiger partial charge is 0.357 e. The normalized spacial score (nSPS) is 13.4. The van der Waals surface area contributed by atoms with E-state index in [2.05, 4.69) is 20.5 Å². The lowest BCUT2D eigenvalue weighted by molar-refractivity contribution is -0.121. The summed E-state index contributed by atoms with van der Waals surface area (Å²) in [5.41, 5.74) is 0.625. The van der Waals surface area contributed by atoms with Crippen molar-refractivity contribution in [3.05, 3.63) is 59.3 Å². The molecule has 0 saturated carbocycles. The van der Waals surface area contributed by atoms with E-state index in [1.165, 1.54) is 12.8 Å². The van der Waals surface area contributed by atoms with Crippen LogP contribution in [0.3, 0.4) is 0 Å². The number of carbonyl (C=O) groups is 2. The third-order valence-corrected chi connectivity index (χ3v) is 4.54. The van der Waals surface area contributed by atoms with Crippen LogP contribution in [0.25, 0.3) is 0 Å². The van der Waals surface area contributed by atoms with Crippen molar-refractivity contribution >= 4 is 17.6 Å². The van der Waals surface area contributed by atoms with Crippen LogP contribution in [-0.4, -0.2) is 36.4 Å². The Bertz CT molecular complexity index is 837. The summed E-state index contributed by atoms with van der Waals surface area (Å²) in [6.45, 7) is 2.44. The fourth-order valence-electron chi connectivity index (χ4n) is 3.00. The van der Waals surface area contributed by atoms with E-state index in [0.717, 1.165) is 36.6 Å². The lowest BCUT2D eigenvalue weighted by Gasteiger charge is -2.16. The van der Waals surface area contributed by atoms with Gasteiger partial charge in [-0.3, -0.25) is 9.59 Å². The van der Waals surface area contributed by atoms with Gasteiger partial charge in [0.15, 0.2) is 0 Å². The van der Waals surface area contributed by atoms with Crippen LogP contribution in [0, 0.1) is 11.6 Å². The fourth-order valence-corrected chi connectivity index (χ4v) is 3.00. The van der Waals surface area contributed by atoms with E-state index in [0.29, 0.717) is 12.6 Å². The molecule has 2 amide bonds. The number of nitrogens with one attached hydrogen (secondary N) is 2. The maximum atomic E-state index is 13.5. The third-order valence-electron chi connectivity index (χ3n) is 4.54. The number of hydrogen-bond donors (Lipinski definition) is 2. The van der Waals surface area contributed by atoms with Gasteiger partial charge in [0, 0.05) is 44.9 Å². The lowest BCUT2D eigenvalue weighted by atomic mass is 10.2. The first kappa shape index (κ1) is 19.7. The highest BCUT2D eigenvalue weighted by atomic mass is 19.1. The van der Waals surface area contributed by atoms with Crippen LogP contribution in [0.4, 0.5) is 14.6 Å². The Labute approximate surface area is 162 Å². The van der Waals surface area contributed by atoms with Gasteiger partial charge in [-0.05, 0) is 36.6 Å². The molecule has 0 spiro atoms. The van der Waals surface area contributed by atoms with Gasteiger partial charge >= 0.3 is 0 Å². The molecule has 1 fully saturated rings. The molecular weight excluding hydrogens is 366 g/mol.